The molecule has 0 aromatic carbocycles. The van der Waals surface area contributed by atoms with Crippen molar-refractivity contribution >= 4 is 11.7 Å². The molecule has 1 saturated heterocycles. The van der Waals surface area contributed by atoms with E-state index in [9.17, 15) is 4.79 Å². The van der Waals surface area contributed by atoms with Crippen molar-refractivity contribution in [2.24, 2.45) is 0 Å². The number of aryl methyl sites for hydroxylation is 1. The van der Waals surface area contributed by atoms with Gasteiger partial charge in [-0.1, -0.05) is 0 Å². The number of pyridine rings is 1. The molecule has 0 N–H and O–H groups in total. The van der Waals surface area contributed by atoms with Crippen molar-refractivity contribution in [3.63, 3.8) is 0 Å². The average Bonchev–Trinajstić information content (AvgIpc) is 3.21. The third-order valence-corrected chi connectivity index (χ3v) is 4.76. The number of carbonyl (C=O) groups is 1. The van der Waals surface area contributed by atoms with E-state index in [0.29, 0.717) is 50.0 Å². The Balaban J connectivity index is 1.35. The van der Waals surface area contributed by atoms with Crippen LogP contribution in [0.1, 0.15) is 23.0 Å². The first-order valence-electron chi connectivity index (χ1n) is 9.63. The van der Waals surface area contributed by atoms with E-state index in [4.69, 9.17) is 4.74 Å². The Kier molecular flexibility index (Phi) is 5.37. The fourth-order valence-corrected chi connectivity index (χ4v) is 3.21. The lowest BCUT2D eigenvalue weighted by molar-refractivity contribution is 0.0746. The van der Waals surface area contributed by atoms with Crippen LogP contribution in [0, 0.1) is 6.92 Å². The van der Waals surface area contributed by atoms with Crippen molar-refractivity contribution in [2.45, 2.75) is 13.8 Å². The Morgan fingerprint density at radius 2 is 1.79 bits per heavy atom. The number of hydrogen-bond acceptors (Lipinski definition) is 7. The Labute approximate surface area is 168 Å². The number of ether oxygens (including phenoxy) is 1. The quantitative estimate of drug-likeness (QED) is 0.652. The molecule has 0 saturated carbocycles. The second-order valence-corrected chi connectivity index (χ2v) is 6.75. The van der Waals surface area contributed by atoms with Crippen LogP contribution in [0.2, 0.25) is 0 Å². The average molecular weight is 393 g/mol. The first-order valence-corrected chi connectivity index (χ1v) is 9.63. The summed E-state index contributed by atoms with van der Waals surface area (Å²) in [6.07, 6.45) is 3.43. The van der Waals surface area contributed by atoms with Gasteiger partial charge in [0.15, 0.2) is 11.6 Å². The smallest absolute Gasteiger partial charge is 0.255 e. The Morgan fingerprint density at radius 3 is 2.38 bits per heavy atom. The molecule has 0 unspecified atom stereocenters. The van der Waals surface area contributed by atoms with Crippen LogP contribution in [-0.2, 0) is 0 Å². The maximum Gasteiger partial charge on any atom is 0.255 e. The molecule has 4 heterocycles. The molecule has 1 fully saturated rings. The summed E-state index contributed by atoms with van der Waals surface area (Å²) in [4.78, 5) is 20.8. The predicted molar refractivity (Wildman–Crippen MR) is 107 cm³/mol. The monoisotopic (exact) mass is 393 g/mol. The maximum atomic E-state index is 12.7. The summed E-state index contributed by atoms with van der Waals surface area (Å²) < 4.78 is 7.03. The SMILES string of the molecule is CCOc1ccc(C(=O)N2CCN(c3ccc(-n4ccc(C)n4)nn3)CC2)cn1. The molecule has 3 aromatic heterocycles. The molecule has 4 rings (SSSR count). The van der Waals surface area contributed by atoms with Gasteiger partial charge in [-0.15, -0.1) is 10.2 Å². The van der Waals surface area contributed by atoms with Crippen molar-refractivity contribution in [1.82, 2.24) is 29.9 Å². The van der Waals surface area contributed by atoms with Crippen LogP contribution < -0.4 is 9.64 Å². The molecule has 1 amide bonds. The van der Waals surface area contributed by atoms with Gasteiger partial charge in [0.25, 0.3) is 5.91 Å². The summed E-state index contributed by atoms with van der Waals surface area (Å²) in [5, 5.41) is 12.9. The molecule has 9 heteroatoms. The normalized spacial score (nSPS) is 14.1. The Bertz CT molecular complexity index is 961. The van der Waals surface area contributed by atoms with Gasteiger partial charge in [0, 0.05) is 44.6 Å². The number of amides is 1. The van der Waals surface area contributed by atoms with Crippen molar-refractivity contribution in [2.75, 3.05) is 37.7 Å². The van der Waals surface area contributed by atoms with Crippen molar-refractivity contribution in [3.8, 4) is 11.7 Å². The lowest BCUT2D eigenvalue weighted by Crippen LogP contribution is -2.49. The molecular formula is C20H23N7O2. The summed E-state index contributed by atoms with van der Waals surface area (Å²) in [5.74, 6) is 1.99. The topological polar surface area (TPSA) is 89.3 Å². The molecule has 29 heavy (non-hydrogen) atoms. The molecule has 3 aromatic rings. The van der Waals surface area contributed by atoms with Crippen LogP contribution in [-0.4, -0.2) is 68.6 Å². The van der Waals surface area contributed by atoms with E-state index in [2.05, 4.69) is 25.2 Å². The summed E-state index contributed by atoms with van der Waals surface area (Å²) in [6, 6.07) is 9.25. The molecule has 0 aliphatic carbocycles. The highest BCUT2D eigenvalue weighted by molar-refractivity contribution is 5.94. The van der Waals surface area contributed by atoms with Crippen molar-refractivity contribution < 1.29 is 9.53 Å². The third-order valence-electron chi connectivity index (χ3n) is 4.76. The molecular weight excluding hydrogens is 370 g/mol. The lowest BCUT2D eigenvalue weighted by atomic mass is 10.2. The first kappa shape index (κ1) is 18.9. The van der Waals surface area contributed by atoms with Crippen molar-refractivity contribution in [3.05, 3.63) is 54.0 Å². The van der Waals surface area contributed by atoms with Crippen molar-refractivity contribution in [1.29, 1.82) is 0 Å². The minimum absolute atomic E-state index is 0.0179. The van der Waals surface area contributed by atoms with Crippen LogP contribution >= 0.6 is 0 Å². The van der Waals surface area contributed by atoms with E-state index < -0.39 is 0 Å². The maximum absolute atomic E-state index is 12.7. The largest absolute Gasteiger partial charge is 0.478 e. The molecule has 150 valence electrons. The van der Waals surface area contributed by atoms with E-state index in [1.165, 1.54) is 0 Å². The van der Waals surface area contributed by atoms with E-state index in [0.717, 1.165) is 11.5 Å². The Hall–Kier alpha value is -3.49. The minimum atomic E-state index is -0.0179. The molecule has 0 spiro atoms. The lowest BCUT2D eigenvalue weighted by Gasteiger charge is -2.35. The number of rotatable bonds is 5. The van der Waals surface area contributed by atoms with Crippen LogP contribution in [0.3, 0.4) is 0 Å². The van der Waals surface area contributed by atoms with Crippen LogP contribution in [0.25, 0.3) is 5.82 Å². The second-order valence-electron chi connectivity index (χ2n) is 6.75. The van der Waals surface area contributed by atoms with Gasteiger partial charge >= 0.3 is 0 Å². The van der Waals surface area contributed by atoms with Gasteiger partial charge in [0.05, 0.1) is 17.9 Å². The van der Waals surface area contributed by atoms with Gasteiger partial charge in [-0.3, -0.25) is 4.79 Å². The highest BCUT2D eigenvalue weighted by atomic mass is 16.5. The second kappa shape index (κ2) is 8.26. The van der Waals surface area contributed by atoms with Crippen LogP contribution in [0.5, 0.6) is 5.88 Å². The number of hydrogen-bond donors (Lipinski definition) is 0. The van der Waals surface area contributed by atoms with E-state index in [1.807, 2.05) is 43.1 Å². The van der Waals surface area contributed by atoms with E-state index in [1.54, 1.807) is 23.0 Å². The molecule has 9 nitrogen and oxygen atoms in total. The highest BCUT2D eigenvalue weighted by Crippen LogP contribution is 2.16. The zero-order valence-electron chi connectivity index (χ0n) is 16.5. The van der Waals surface area contributed by atoms with Gasteiger partial charge in [0.1, 0.15) is 0 Å². The molecule has 0 radical (unpaired) electrons. The summed E-state index contributed by atoms with van der Waals surface area (Å²) in [6.45, 7) is 7.02. The summed E-state index contributed by atoms with van der Waals surface area (Å²) in [7, 11) is 0. The zero-order valence-corrected chi connectivity index (χ0v) is 16.5. The summed E-state index contributed by atoms with van der Waals surface area (Å²) in [5.41, 5.74) is 1.50. The van der Waals surface area contributed by atoms with Crippen LogP contribution in [0.15, 0.2) is 42.7 Å². The molecule has 0 atom stereocenters. The highest BCUT2D eigenvalue weighted by Gasteiger charge is 2.23. The van der Waals surface area contributed by atoms with Gasteiger partial charge in [-0.2, -0.15) is 5.10 Å². The number of piperazine rings is 1. The van der Waals surface area contributed by atoms with E-state index in [-0.39, 0.29) is 5.91 Å². The van der Waals surface area contributed by atoms with Gasteiger partial charge in [-0.05, 0) is 38.1 Å². The first-order chi connectivity index (χ1) is 14.1. The number of carbonyl (C=O) groups excluding carboxylic acids is 1. The molecule has 1 aliphatic rings. The van der Waals surface area contributed by atoms with Gasteiger partial charge in [-0.25, -0.2) is 9.67 Å². The predicted octanol–water partition coefficient (Wildman–Crippen LogP) is 1.73. The Morgan fingerprint density at radius 1 is 1.03 bits per heavy atom. The van der Waals surface area contributed by atoms with Crippen LogP contribution in [0.4, 0.5) is 5.82 Å². The molecule has 1 aliphatic heterocycles. The number of anilines is 1. The minimum Gasteiger partial charge on any atom is -0.478 e. The number of aromatic nitrogens is 5. The molecule has 0 bridgehead atoms. The standard InChI is InChI=1S/C20H23N7O2/c1-3-29-19-7-4-16(14-21-19)20(28)26-12-10-25(11-13-26)17-5-6-18(23-22-17)27-9-8-15(2)24-27/h4-9,14H,3,10-13H2,1-2H3. The van der Waals surface area contributed by atoms with E-state index >= 15 is 0 Å². The summed E-state index contributed by atoms with van der Waals surface area (Å²) >= 11 is 0. The fraction of sp³-hybridized carbons (Fsp3) is 0.350. The zero-order chi connectivity index (χ0) is 20.2. The fourth-order valence-electron chi connectivity index (χ4n) is 3.21. The third kappa shape index (κ3) is 4.18. The van der Waals surface area contributed by atoms with Gasteiger partial charge in [0.2, 0.25) is 5.88 Å². The van der Waals surface area contributed by atoms with Gasteiger partial charge < -0.3 is 14.5 Å². The number of nitrogens with zero attached hydrogens (tertiary/aromatic N) is 7.